The molecule has 0 atom stereocenters. The van der Waals surface area contributed by atoms with Gasteiger partial charge >= 0.3 is 0 Å². The first-order valence-corrected chi connectivity index (χ1v) is 10.5. The monoisotopic (exact) mass is 381 g/mol. The molecule has 28 heavy (non-hydrogen) atoms. The first-order valence-electron chi connectivity index (χ1n) is 10.5. The van der Waals surface area contributed by atoms with E-state index in [9.17, 15) is 9.18 Å². The molecule has 1 aliphatic carbocycles. The molecule has 4 nitrogen and oxygen atoms in total. The summed E-state index contributed by atoms with van der Waals surface area (Å²) < 4.78 is 13.1. The van der Waals surface area contributed by atoms with E-state index in [1.165, 1.54) is 37.0 Å². The summed E-state index contributed by atoms with van der Waals surface area (Å²) in [6.07, 6.45) is 7.82. The summed E-state index contributed by atoms with van der Waals surface area (Å²) in [5.74, 6) is 1.08. The summed E-state index contributed by atoms with van der Waals surface area (Å²) in [6, 6.07) is 12.9. The second kappa shape index (κ2) is 8.72. The Hall–Kier alpha value is -2.43. The molecule has 0 unspecified atom stereocenters. The molecular formula is C23H28FN3O. The third-order valence-corrected chi connectivity index (χ3v) is 6.07. The molecule has 2 aromatic rings. The minimum atomic E-state index is -0.186. The van der Waals surface area contributed by atoms with Gasteiger partial charge in [-0.2, -0.15) is 0 Å². The van der Waals surface area contributed by atoms with Crippen LogP contribution in [-0.2, 0) is 0 Å². The fourth-order valence-electron chi connectivity index (χ4n) is 4.41. The van der Waals surface area contributed by atoms with Crippen molar-refractivity contribution in [2.24, 2.45) is 0 Å². The molecule has 0 spiro atoms. The highest BCUT2D eigenvalue weighted by Crippen LogP contribution is 2.30. The summed E-state index contributed by atoms with van der Waals surface area (Å²) in [5.41, 5.74) is 1.71. The molecule has 2 aliphatic rings. The molecule has 0 radical (unpaired) electrons. The zero-order valence-corrected chi connectivity index (χ0v) is 16.2. The first-order chi connectivity index (χ1) is 13.7. The third-order valence-electron chi connectivity index (χ3n) is 6.07. The number of anilines is 1. The average Bonchev–Trinajstić information content (AvgIpc) is 2.75. The molecule has 148 valence electrons. The van der Waals surface area contributed by atoms with Gasteiger partial charge in [-0.25, -0.2) is 9.37 Å². The van der Waals surface area contributed by atoms with Crippen molar-refractivity contribution in [3.63, 3.8) is 0 Å². The largest absolute Gasteiger partial charge is 0.357 e. The maximum absolute atomic E-state index is 13.1. The van der Waals surface area contributed by atoms with E-state index in [1.807, 2.05) is 24.3 Å². The van der Waals surface area contributed by atoms with E-state index in [1.54, 1.807) is 6.07 Å². The number of carbonyl (C=O) groups excluding carboxylic acids is 1. The van der Waals surface area contributed by atoms with Crippen molar-refractivity contribution in [1.82, 2.24) is 10.3 Å². The normalized spacial score (nSPS) is 18.8. The number of piperidine rings is 1. The van der Waals surface area contributed by atoms with Crippen molar-refractivity contribution in [2.45, 2.75) is 56.9 Å². The number of nitrogens with one attached hydrogen (secondary N) is 1. The van der Waals surface area contributed by atoms with Crippen molar-refractivity contribution < 1.29 is 9.18 Å². The van der Waals surface area contributed by atoms with Crippen LogP contribution in [0, 0.1) is 5.82 Å². The van der Waals surface area contributed by atoms with Crippen LogP contribution in [0.5, 0.6) is 0 Å². The van der Waals surface area contributed by atoms with Crippen molar-refractivity contribution in [1.29, 1.82) is 0 Å². The number of amides is 1. The van der Waals surface area contributed by atoms with Gasteiger partial charge in [0.2, 0.25) is 0 Å². The molecule has 1 saturated carbocycles. The Balaban J connectivity index is 1.36. The van der Waals surface area contributed by atoms with Gasteiger partial charge in [-0.3, -0.25) is 4.79 Å². The molecule has 5 heteroatoms. The number of aromatic nitrogens is 1. The summed E-state index contributed by atoms with van der Waals surface area (Å²) in [4.78, 5) is 19.5. The predicted molar refractivity (Wildman–Crippen MR) is 109 cm³/mol. The van der Waals surface area contributed by atoms with Crippen LogP contribution in [-0.4, -0.2) is 30.0 Å². The summed E-state index contributed by atoms with van der Waals surface area (Å²) in [7, 11) is 0. The van der Waals surface area contributed by atoms with Crippen molar-refractivity contribution in [3.8, 4) is 0 Å². The number of benzene rings is 1. The number of nitrogens with zero attached hydrogens (tertiary/aromatic N) is 2. The van der Waals surface area contributed by atoms with E-state index < -0.39 is 0 Å². The second-order valence-electron chi connectivity index (χ2n) is 8.00. The Labute approximate surface area is 166 Å². The zero-order chi connectivity index (χ0) is 19.3. The number of hydrogen-bond donors (Lipinski definition) is 1. The fourth-order valence-corrected chi connectivity index (χ4v) is 4.41. The molecule has 1 aliphatic heterocycles. The molecule has 4 rings (SSSR count). The highest BCUT2D eigenvalue weighted by Gasteiger charge is 2.23. The quantitative estimate of drug-likeness (QED) is 0.837. The van der Waals surface area contributed by atoms with Crippen LogP contribution in [0.2, 0.25) is 0 Å². The van der Waals surface area contributed by atoms with E-state index in [2.05, 4.69) is 15.2 Å². The Morgan fingerprint density at radius 3 is 2.39 bits per heavy atom. The number of pyridine rings is 1. The lowest BCUT2D eigenvalue weighted by atomic mass is 9.89. The predicted octanol–water partition coefficient (Wildman–Crippen LogP) is 4.67. The van der Waals surface area contributed by atoms with Crippen LogP contribution >= 0.6 is 0 Å². The van der Waals surface area contributed by atoms with E-state index in [-0.39, 0.29) is 17.8 Å². The lowest BCUT2D eigenvalue weighted by Crippen LogP contribution is -2.37. The molecule has 1 aromatic heterocycles. The van der Waals surface area contributed by atoms with E-state index in [0.29, 0.717) is 11.6 Å². The maximum Gasteiger partial charge on any atom is 0.270 e. The summed E-state index contributed by atoms with van der Waals surface area (Å²) in [6.45, 7) is 1.78. The number of carbonyl (C=O) groups is 1. The van der Waals surface area contributed by atoms with E-state index >= 15 is 0 Å². The lowest BCUT2D eigenvalue weighted by Gasteiger charge is -2.33. The second-order valence-corrected chi connectivity index (χ2v) is 8.00. The highest BCUT2D eigenvalue weighted by molar-refractivity contribution is 5.92. The molecule has 1 N–H and O–H groups in total. The van der Waals surface area contributed by atoms with Gasteiger partial charge in [-0.05, 0) is 61.4 Å². The topological polar surface area (TPSA) is 45.2 Å². The summed E-state index contributed by atoms with van der Waals surface area (Å²) >= 11 is 0. The van der Waals surface area contributed by atoms with E-state index in [0.717, 1.165) is 44.6 Å². The standard InChI is InChI=1S/C23H28FN3O/c24-19-11-9-17(10-12-19)18-13-15-27(16-14-18)22-8-4-7-21(26-22)23(28)25-20-5-2-1-3-6-20/h4,7-12,18,20H,1-3,5-6,13-16H2,(H,25,28). The molecule has 2 heterocycles. The number of hydrogen-bond acceptors (Lipinski definition) is 3. The van der Waals surface area contributed by atoms with Gasteiger partial charge in [0.15, 0.2) is 0 Å². The molecular weight excluding hydrogens is 353 g/mol. The molecule has 1 saturated heterocycles. The first kappa shape index (κ1) is 18.9. The van der Waals surface area contributed by atoms with Gasteiger partial charge < -0.3 is 10.2 Å². The highest BCUT2D eigenvalue weighted by atomic mass is 19.1. The smallest absolute Gasteiger partial charge is 0.270 e. The molecule has 0 bridgehead atoms. The van der Waals surface area contributed by atoms with Crippen LogP contribution in [0.1, 0.15) is 66.9 Å². The van der Waals surface area contributed by atoms with E-state index in [4.69, 9.17) is 0 Å². The van der Waals surface area contributed by atoms with Crippen molar-refractivity contribution in [2.75, 3.05) is 18.0 Å². The molecule has 1 amide bonds. The fraction of sp³-hybridized carbons (Fsp3) is 0.478. The molecule has 1 aromatic carbocycles. The molecule has 2 fully saturated rings. The van der Waals surface area contributed by atoms with Crippen LogP contribution < -0.4 is 10.2 Å². The van der Waals surface area contributed by atoms with Gasteiger partial charge in [-0.1, -0.05) is 37.5 Å². The maximum atomic E-state index is 13.1. The minimum absolute atomic E-state index is 0.0602. The third kappa shape index (κ3) is 4.51. The zero-order valence-electron chi connectivity index (χ0n) is 16.2. The minimum Gasteiger partial charge on any atom is -0.357 e. The average molecular weight is 381 g/mol. The Bertz CT molecular complexity index is 794. The van der Waals surface area contributed by atoms with Crippen molar-refractivity contribution >= 4 is 11.7 Å². The van der Waals surface area contributed by atoms with Gasteiger partial charge in [0.05, 0.1) is 0 Å². The van der Waals surface area contributed by atoms with Gasteiger partial charge in [0, 0.05) is 19.1 Å². The lowest BCUT2D eigenvalue weighted by molar-refractivity contribution is 0.0922. The Morgan fingerprint density at radius 1 is 0.964 bits per heavy atom. The van der Waals surface area contributed by atoms with Gasteiger partial charge in [-0.15, -0.1) is 0 Å². The SMILES string of the molecule is O=C(NC1CCCCC1)c1cccc(N2CCC(c3ccc(F)cc3)CC2)n1. The van der Waals surface area contributed by atoms with Gasteiger partial charge in [0.25, 0.3) is 5.91 Å². The van der Waals surface area contributed by atoms with Crippen LogP contribution in [0.25, 0.3) is 0 Å². The van der Waals surface area contributed by atoms with Crippen LogP contribution in [0.15, 0.2) is 42.5 Å². The van der Waals surface area contributed by atoms with Crippen LogP contribution in [0.4, 0.5) is 10.2 Å². The summed E-state index contributed by atoms with van der Waals surface area (Å²) in [5, 5.41) is 3.15. The number of halogens is 1. The van der Waals surface area contributed by atoms with Crippen LogP contribution in [0.3, 0.4) is 0 Å². The van der Waals surface area contributed by atoms with Crippen molar-refractivity contribution in [3.05, 3.63) is 59.5 Å². The van der Waals surface area contributed by atoms with Gasteiger partial charge in [0.1, 0.15) is 17.3 Å². The Kier molecular flexibility index (Phi) is 5.89. The Morgan fingerprint density at radius 2 is 1.68 bits per heavy atom. The number of rotatable bonds is 4.